The van der Waals surface area contributed by atoms with Crippen LogP contribution >= 0.6 is 11.6 Å². The number of ether oxygens (including phenoxy) is 3. The van der Waals surface area contributed by atoms with E-state index in [1.807, 2.05) is 12.1 Å². The van der Waals surface area contributed by atoms with Crippen molar-refractivity contribution in [2.45, 2.75) is 75.2 Å². The minimum Gasteiger partial charge on any atom is -0.444 e. The molecule has 3 aliphatic heterocycles. The van der Waals surface area contributed by atoms with Gasteiger partial charge in [0.2, 0.25) is 10.0 Å². The Hall–Kier alpha value is -3.71. The molecule has 1 aliphatic carbocycles. The Bertz CT molecular complexity index is 2020. The number of piperidine rings is 1. The number of amides is 1. The molecule has 0 radical (unpaired) electrons. The number of halogens is 2. The fraction of sp³-hybridized carbons (Fsp3) is 0.429. The van der Waals surface area contributed by atoms with Gasteiger partial charge in [-0.15, -0.1) is 0 Å². The van der Waals surface area contributed by atoms with Crippen LogP contribution in [0.1, 0.15) is 72.3 Å². The summed E-state index contributed by atoms with van der Waals surface area (Å²) in [5, 5.41) is -0.173. The number of aromatic nitrogens is 2. The number of nitrogens with zero attached hydrogens (tertiary/aromatic N) is 3. The van der Waals surface area contributed by atoms with Crippen LogP contribution in [0.2, 0.25) is 5.02 Å². The molecule has 3 aromatic carbocycles. The zero-order valence-corrected chi connectivity index (χ0v) is 28.0. The maximum absolute atomic E-state index is 14.9. The number of rotatable bonds is 9. The Balaban J connectivity index is 0.985. The quantitative estimate of drug-likeness (QED) is 0.232. The largest absolute Gasteiger partial charge is 0.444 e. The van der Waals surface area contributed by atoms with Crippen molar-refractivity contribution in [1.29, 1.82) is 0 Å². The van der Waals surface area contributed by atoms with E-state index in [-0.39, 0.29) is 23.1 Å². The lowest BCUT2D eigenvalue weighted by Gasteiger charge is -2.33. The van der Waals surface area contributed by atoms with E-state index in [0.29, 0.717) is 42.5 Å². The molecule has 1 aromatic heterocycles. The predicted octanol–water partition coefficient (Wildman–Crippen LogP) is 5.86. The molecule has 10 nitrogen and oxygen atoms in total. The molecule has 2 saturated heterocycles. The number of para-hydroxylation sites is 1. The van der Waals surface area contributed by atoms with Crippen LogP contribution in [-0.2, 0) is 33.6 Å². The monoisotopic (exact) mass is 694 g/mol. The van der Waals surface area contributed by atoms with Gasteiger partial charge in [0.25, 0.3) is 11.7 Å². The van der Waals surface area contributed by atoms with Gasteiger partial charge in [0.15, 0.2) is 11.5 Å². The second kappa shape index (κ2) is 12.0. The molecule has 8 rings (SSSR count). The number of nitrogens with one attached hydrogen (secondary N) is 1. The summed E-state index contributed by atoms with van der Waals surface area (Å²) < 4.78 is 62.4. The van der Waals surface area contributed by atoms with E-state index >= 15 is 0 Å². The van der Waals surface area contributed by atoms with Gasteiger partial charge < -0.3 is 18.8 Å². The van der Waals surface area contributed by atoms with E-state index in [2.05, 4.69) is 20.3 Å². The summed E-state index contributed by atoms with van der Waals surface area (Å²) in [6.07, 6.45) is 3.94. The number of likely N-dealkylation sites (tertiary alicyclic amines) is 1. The highest BCUT2D eigenvalue weighted by molar-refractivity contribution is 7.91. The summed E-state index contributed by atoms with van der Waals surface area (Å²) in [5.74, 6) is -0.0586. The topological polar surface area (TPSA) is 112 Å². The molecule has 4 aliphatic rings. The average molecular weight is 695 g/mol. The summed E-state index contributed by atoms with van der Waals surface area (Å²) >= 11 is 5.99. The van der Waals surface area contributed by atoms with Crippen molar-refractivity contribution in [2.75, 3.05) is 19.7 Å². The smallest absolute Gasteiger partial charge is 0.278 e. The molecule has 252 valence electrons. The molecule has 4 heterocycles. The number of carbonyl (C=O) groups excluding carboxylic acids is 1. The number of sulfonamides is 1. The molecule has 0 bridgehead atoms. The van der Waals surface area contributed by atoms with E-state index < -0.39 is 32.8 Å². The molecular weight excluding hydrogens is 659 g/mol. The first-order valence-corrected chi connectivity index (χ1v) is 18.3. The van der Waals surface area contributed by atoms with Gasteiger partial charge in [-0.1, -0.05) is 23.7 Å². The van der Waals surface area contributed by atoms with Crippen molar-refractivity contribution >= 4 is 38.6 Å². The number of hydrogen-bond acceptors (Lipinski definition) is 8. The highest BCUT2D eigenvalue weighted by Gasteiger charge is 2.43. The van der Waals surface area contributed by atoms with E-state index in [1.165, 1.54) is 6.07 Å². The van der Waals surface area contributed by atoms with Gasteiger partial charge in [-0.05, 0) is 93.6 Å². The average Bonchev–Trinajstić information content (AvgIpc) is 3.76. The third-order valence-corrected chi connectivity index (χ3v) is 11.9. The second-order valence-electron chi connectivity index (χ2n) is 13.3. The van der Waals surface area contributed by atoms with Crippen LogP contribution in [0.4, 0.5) is 4.39 Å². The van der Waals surface area contributed by atoms with Crippen LogP contribution in [-0.4, -0.2) is 59.8 Å². The molecule has 2 atom stereocenters. The van der Waals surface area contributed by atoms with Crippen molar-refractivity contribution in [3.05, 3.63) is 88.0 Å². The van der Waals surface area contributed by atoms with Crippen LogP contribution < -0.4 is 14.2 Å². The summed E-state index contributed by atoms with van der Waals surface area (Å²) in [6, 6.07) is 15.5. The molecule has 0 unspecified atom stereocenters. The Labute approximate surface area is 283 Å². The highest BCUT2D eigenvalue weighted by atomic mass is 35.5. The van der Waals surface area contributed by atoms with E-state index in [4.69, 9.17) is 30.8 Å². The van der Waals surface area contributed by atoms with Gasteiger partial charge in [-0.25, -0.2) is 22.5 Å². The number of hydrogen-bond donors (Lipinski definition) is 1. The number of imidazole rings is 1. The number of fused-ring (bicyclic) bond motifs is 2. The molecule has 3 fully saturated rings. The summed E-state index contributed by atoms with van der Waals surface area (Å²) in [6.45, 7) is 5.32. The van der Waals surface area contributed by atoms with Crippen molar-refractivity contribution in [2.24, 2.45) is 0 Å². The first kappa shape index (κ1) is 31.6. The summed E-state index contributed by atoms with van der Waals surface area (Å²) in [5.41, 5.74) is 3.15. The van der Waals surface area contributed by atoms with Crippen molar-refractivity contribution < 1.29 is 31.8 Å². The number of benzene rings is 3. The fourth-order valence-corrected chi connectivity index (χ4v) is 8.42. The zero-order valence-electron chi connectivity index (χ0n) is 26.5. The third-order valence-electron chi connectivity index (χ3n) is 9.89. The van der Waals surface area contributed by atoms with Crippen LogP contribution in [0.25, 0.3) is 11.0 Å². The maximum atomic E-state index is 14.9. The van der Waals surface area contributed by atoms with Gasteiger partial charge in [-0.3, -0.25) is 9.69 Å². The lowest BCUT2D eigenvalue weighted by atomic mass is 9.88. The Morgan fingerprint density at radius 2 is 1.85 bits per heavy atom. The van der Waals surface area contributed by atoms with Crippen molar-refractivity contribution in [1.82, 2.24) is 19.2 Å². The molecule has 0 spiro atoms. The summed E-state index contributed by atoms with van der Waals surface area (Å²) in [7, 11) is -3.66. The normalized spacial score (nSPS) is 22.9. The van der Waals surface area contributed by atoms with Crippen LogP contribution in [0, 0.1) is 5.82 Å². The van der Waals surface area contributed by atoms with Crippen LogP contribution in [0.5, 0.6) is 11.5 Å². The van der Waals surface area contributed by atoms with Crippen molar-refractivity contribution in [3.63, 3.8) is 0 Å². The van der Waals surface area contributed by atoms with Gasteiger partial charge in [0.05, 0.1) is 41.0 Å². The molecule has 48 heavy (non-hydrogen) atoms. The molecule has 13 heteroatoms. The number of carbonyl (C=O) groups is 1. The predicted molar refractivity (Wildman–Crippen MR) is 177 cm³/mol. The Kier molecular flexibility index (Phi) is 7.89. The summed E-state index contributed by atoms with van der Waals surface area (Å²) in [4.78, 5) is 20.3. The first-order valence-electron chi connectivity index (χ1n) is 16.4. The van der Waals surface area contributed by atoms with Crippen LogP contribution in [0.15, 0.2) is 54.6 Å². The first-order chi connectivity index (χ1) is 23.1. The van der Waals surface area contributed by atoms with Gasteiger partial charge in [0, 0.05) is 29.7 Å². The minimum absolute atomic E-state index is 0.0639. The van der Waals surface area contributed by atoms with Gasteiger partial charge in [-0.2, -0.15) is 0 Å². The molecule has 4 aromatic rings. The lowest BCUT2D eigenvalue weighted by molar-refractivity contribution is -0.0712. The lowest BCUT2D eigenvalue weighted by Crippen LogP contribution is -2.35. The Morgan fingerprint density at radius 3 is 2.56 bits per heavy atom. The second-order valence-corrected chi connectivity index (χ2v) is 15.7. The molecule has 1 N–H and O–H groups in total. The van der Waals surface area contributed by atoms with E-state index in [9.17, 15) is 17.6 Å². The van der Waals surface area contributed by atoms with E-state index in [1.54, 1.807) is 37.3 Å². The van der Waals surface area contributed by atoms with Gasteiger partial charge in [0.1, 0.15) is 11.6 Å². The minimum atomic E-state index is -3.66. The molecule has 1 saturated carbocycles. The van der Waals surface area contributed by atoms with Crippen LogP contribution in [0.3, 0.4) is 0 Å². The highest BCUT2D eigenvalue weighted by Crippen LogP contribution is 2.50. The SMILES string of the molecule is C[C@@]1(c2ccc(Cl)cc2F)Oc2cccc(C3CCN(Cc4nc5ccc(C(=O)NS(=O)(=O)C6CC6)cc5n4C[C@@H]4CCO4)CC3)c2O1. The third kappa shape index (κ3) is 5.93. The van der Waals surface area contributed by atoms with E-state index in [0.717, 1.165) is 61.4 Å². The molecule has 1 amide bonds. The standard InChI is InChI=1S/C35H36ClFN4O6S/c1-35(27-9-6-23(36)18-28(27)37)46-31-4-2-3-26(33(31)47-35)21-11-14-40(15-12-21)20-32-38-29-10-5-22(34(42)39-48(43,44)25-7-8-25)17-30(29)41(32)19-24-13-16-45-24/h2-6,9-10,17-18,21,24-25H,7-8,11-16,19-20H2,1H3,(H,39,42)/t24-,35+/m0/s1. The van der Waals surface area contributed by atoms with Gasteiger partial charge >= 0.3 is 0 Å². The Morgan fingerprint density at radius 1 is 1.06 bits per heavy atom. The fourth-order valence-electron chi connectivity index (χ4n) is 6.96. The van der Waals surface area contributed by atoms with Crippen molar-refractivity contribution in [3.8, 4) is 11.5 Å². The zero-order chi connectivity index (χ0) is 33.2. The maximum Gasteiger partial charge on any atom is 0.278 e. The molecular formula is C35H36ClFN4O6S.